The van der Waals surface area contributed by atoms with Crippen molar-refractivity contribution in [3.63, 3.8) is 0 Å². The molecule has 1 unspecified atom stereocenters. The zero-order valence-electron chi connectivity index (χ0n) is 24.2. The molecule has 0 spiro atoms. The minimum absolute atomic E-state index is 0.0130. The van der Waals surface area contributed by atoms with Crippen LogP contribution in [0.15, 0.2) is 36.5 Å². The summed E-state index contributed by atoms with van der Waals surface area (Å²) < 4.78 is 30.6. The van der Waals surface area contributed by atoms with E-state index in [9.17, 15) is 23.8 Å². The van der Waals surface area contributed by atoms with Crippen molar-refractivity contribution in [3.8, 4) is 0 Å². The quantitative estimate of drug-likeness (QED) is 0.394. The summed E-state index contributed by atoms with van der Waals surface area (Å²) in [7, 11) is -1.29. The highest BCUT2D eigenvalue weighted by Gasteiger charge is 2.33. The van der Waals surface area contributed by atoms with Crippen LogP contribution in [0.1, 0.15) is 67.4 Å². The van der Waals surface area contributed by atoms with Crippen LogP contribution in [0.2, 0.25) is 0 Å². The van der Waals surface area contributed by atoms with Gasteiger partial charge in [0.2, 0.25) is 0 Å². The van der Waals surface area contributed by atoms with Crippen molar-refractivity contribution in [1.29, 1.82) is 0 Å². The second-order valence-electron chi connectivity index (χ2n) is 11.1. The van der Waals surface area contributed by atoms with E-state index in [1.54, 1.807) is 54.5 Å². The molecule has 218 valence electrons. The molecule has 3 N–H and O–H groups in total. The van der Waals surface area contributed by atoms with Crippen LogP contribution in [0.4, 0.5) is 30.3 Å². The Morgan fingerprint density at radius 3 is 2.12 bits per heavy atom. The summed E-state index contributed by atoms with van der Waals surface area (Å²) in [6.45, 7) is 13.7. The highest BCUT2D eigenvalue weighted by Crippen LogP contribution is 2.20. The fourth-order valence-electron chi connectivity index (χ4n) is 3.06. The Labute approximate surface area is 234 Å². The van der Waals surface area contributed by atoms with E-state index in [1.165, 1.54) is 24.4 Å². The number of pyridine rings is 1. The third kappa shape index (κ3) is 10.5. The van der Waals surface area contributed by atoms with Gasteiger partial charge in [-0.25, -0.2) is 23.8 Å². The van der Waals surface area contributed by atoms with Gasteiger partial charge in [0.15, 0.2) is 0 Å². The first-order valence-electron chi connectivity index (χ1n) is 12.9. The zero-order valence-corrected chi connectivity index (χ0v) is 24.2. The van der Waals surface area contributed by atoms with Crippen molar-refractivity contribution < 1.29 is 37.9 Å². The standard InChI is InChI=1S/C27H38BFN4O7/c1-9-17(2)40-28(37)19-11-12-21(20(29)14-19)32-23(34)31-16-18-10-13-22(30-15-18)33(24(35)38-26(3,4)5)25(36)39-27(6,7)8/h10-15,17,37H,9,16H2,1-8H3,(H2,31,32,34). The molecule has 0 bridgehead atoms. The van der Waals surface area contributed by atoms with Crippen LogP contribution in [0, 0.1) is 5.82 Å². The second kappa shape index (κ2) is 13.6. The lowest BCUT2D eigenvalue weighted by Gasteiger charge is -2.28. The maximum absolute atomic E-state index is 14.5. The molecule has 1 aromatic carbocycles. The monoisotopic (exact) mass is 560 g/mol. The van der Waals surface area contributed by atoms with Gasteiger partial charge in [0, 0.05) is 18.8 Å². The van der Waals surface area contributed by atoms with E-state index in [0.29, 0.717) is 16.9 Å². The Morgan fingerprint density at radius 1 is 1.05 bits per heavy atom. The van der Waals surface area contributed by atoms with Gasteiger partial charge in [-0.05, 0) is 84.1 Å². The average Bonchev–Trinajstić information content (AvgIpc) is 2.82. The van der Waals surface area contributed by atoms with Gasteiger partial charge in [0.25, 0.3) is 0 Å². The molecule has 0 aliphatic heterocycles. The number of benzene rings is 1. The molecule has 4 amide bonds. The third-order valence-electron chi connectivity index (χ3n) is 5.11. The Balaban J connectivity index is 2.05. The number of halogens is 1. The first-order chi connectivity index (χ1) is 18.5. The first-order valence-corrected chi connectivity index (χ1v) is 12.9. The van der Waals surface area contributed by atoms with Gasteiger partial charge in [-0.2, -0.15) is 4.90 Å². The van der Waals surface area contributed by atoms with E-state index in [-0.39, 0.29) is 29.6 Å². The average molecular weight is 560 g/mol. The number of nitrogens with one attached hydrogen (secondary N) is 2. The molecular weight excluding hydrogens is 522 g/mol. The largest absolute Gasteiger partial charge is 0.491 e. The predicted octanol–water partition coefficient (Wildman–Crippen LogP) is 4.72. The number of rotatable bonds is 8. The molecule has 11 nitrogen and oxygen atoms in total. The molecule has 0 aliphatic carbocycles. The molecule has 2 aromatic rings. The molecule has 2 rings (SSSR count). The summed E-state index contributed by atoms with van der Waals surface area (Å²) in [4.78, 5) is 42.7. The van der Waals surface area contributed by atoms with Gasteiger partial charge < -0.3 is 29.8 Å². The van der Waals surface area contributed by atoms with Crippen LogP contribution < -0.4 is 21.0 Å². The normalized spacial score (nSPS) is 12.2. The number of anilines is 2. The number of imide groups is 1. The number of nitrogens with zero attached hydrogens (tertiary/aromatic N) is 2. The molecule has 1 aromatic heterocycles. The minimum Gasteiger partial charge on any atom is -0.443 e. The van der Waals surface area contributed by atoms with Crippen molar-refractivity contribution >= 4 is 42.3 Å². The van der Waals surface area contributed by atoms with Gasteiger partial charge >= 0.3 is 25.3 Å². The molecule has 40 heavy (non-hydrogen) atoms. The number of carbonyl (C=O) groups excluding carboxylic acids is 3. The van der Waals surface area contributed by atoms with Crippen LogP contribution in [0.5, 0.6) is 0 Å². The van der Waals surface area contributed by atoms with Gasteiger partial charge in [-0.15, -0.1) is 0 Å². The van der Waals surface area contributed by atoms with Crippen LogP contribution >= 0.6 is 0 Å². The molecular formula is C27H38BFN4O7. The van der Waals surface area contributed by atoms with Gasteiger partial charge in [-0.3, -0.25) is 0 Å². The summed E-state index contributed by atoms with van der Waals surface area (Å²) >= 11 is 0. The number of ether oxygens (including phenoxy) is 2. The summed E-state index contributed by atoms with van der Waals surface area (Å²) in [6.07, 6.45) is -0.0599. The van der Waals surface area contributed by atoms with Crippen molar-refractivity contribution in [1.82, 2.24) is 10.3 Å². The molecule has 0 aliphatic rings. The highest BCUT2D eigenvalue weighted by atomic mass is 19.1. The summed E-state index contributed by atoms with van der Waals surface area (Å²) in [5.41, 5.74) is -1.06. The Kier molecular flexibility index (Phi) is 11.0. The van der Waals surface area contributed by atoms with E-state index < -0.39 is 42.4 Å². The molecule has 0 fully saturated rings. The number of hydrogen-bond acceptors (Lipinski definition) is 8. The van der Waals surface area contributed by atoms with Crippen LogP contribution in [-0.2, 0) is 20.7 Å². The smallest absolute Gasteiger partial charge is 0.443 e. The Hall–Kier alpha value is -3.71. The minimum atomic E-state index is -1.29. The molecule has 0 saturated heterocycles. The van der Waals surface area contributed by atoms with Gasteiger partial charge in [0.05, 0.1) is 5.69 Å². The number of carbonyl (C=O) groups is 3. The molecule has 0 saturated carbocycles. The molecule has 1 heterocycles. The van der Waals surface area contributed by atoms with Gasteiger partial charge in [-0.1, -0.05) is 19.1 Å². The van der Waals surface area contributed by atoms with Crippen LogP contribution in [0.3, 0.4) is 0 Å². The topological polar surface area (TPSA) is 139 Å². The SMILES string of the molecule is CCC(C)OB(O)c1ccc(NC(=O)NCc2ccc(N(C(=O)OC(C)(C)C)C(=O)OC(C)(C)C)nc2)c(F)c1. The third-order valence-corrected chi connectivity index (χ3v) is 5.11. The summed E-state index contributed by atoms with van der Waals surface area (Å²) in [5, 5.41) is 15.1. The highest BCUT2D eigenvalue weighted by molar-refractivity contribution is 6.60. The fourth-order valence-corrected chi connectivity index (χ4v) is 3.06. The van der Waals surface area contributed by atoms with Crippen molar-refractivity contribution in [2.24, 2.45) is 0 Å². The van der Waals surface area contributed by atoms with Crippen molar-refractivity contribution in [3.05, 3.63) is 47.9 Å². The maximum atomic E-state index is 14.5. The van der Waals surface area contributed by atoms with E-state index >= 15 is 0 Å². The van der Waals surface area contributed by atoms with Crippen molar-refractivity contribution in [2.75, 3.05) is 10.2 Å². The number of urea groups is 1. The lowest BCUT2D eigenvalue weighted by Crippen LogP contribution is -2.44. The zero-order chi connectivity index (χ0) is 30.3. The first kappa shape index (κ1) is 32.5. The van der Waals surface area contributed by atoms with E-state index in [0.717, 1.165) is 6.07 Å². The van der Waals surface area contributed by atoms with Crippen LogP contribution in [0.25, 0.3) is 0 Å². The fraction of sp³-hybridized carbons (Fsp3) is 0.481. The van der Waals surface area contributed by atoms with E-state index in [2.05, 4.69) is 15.6 Å². The summed E-state index contributed by atoms with van der Waals surface area (Å²) in [5.74, 6) is -0.770. The van der Waals surface area contributed by atoms with E-state index in [1.807, 2.05) is 6.92 Å². The van der Waals surface area contributed by atoms with Gasteiger partial charge in [0.1, 0.15) is 22.8 Å². The molecule has 13 heteroatoms. The number of amides is 4. The van der Waals surface area contributed by atoms with Crippen LogP contribution in [-0.4, -0.2) is 52.7 Å². The van der Waals surface area contributed by atoms with Crippen molar-refractivity contribution in [2.45, 2.75) is 85.7 Å². The lowest BCUT2D eigenvalue weighted by atomic mass is 9.79. The Bertz CT molecular complexity index is 1150. The molecule has 0 radical (unpaired) electrons. The predicted molar refractivity (Wildman–Crippen MR) is 150 cm³/mol. The number of hydrogen-bond donors (Lipinski definition) is 3. The second-order valence-corrected chi connectivity index (χ2v) is 11.1. The summed E-state index contributed by atoms with van der Waals surface area (Å²) in [6, 6.07) is 6.15. The number of aromatic nitrogens is 1. The van der Waals surface area contributed by atoms with E-state index in [4.69, 9.17) is 14.1 Å². The maximum Gasteiger partial charge on any atom is 0.491 e. The Morgan fingerprint density at radius 2 is 1.65 bits per heavy atom. The lowest BCUT2D eigenvalue weighted by molar-refractivity contribution is 0.0429. The molecule has 1 atom stereocenters.